The topological polar surface area (TPSA) is 91.9 Å². The van der Waals surface area contributed by atoms with Crippen molar-refractivity contribution in [2.24, 2.45) is 5.16 Å². The van der Waals surface area contributed by atoms with E-state index < -0.39 is 5.97 Å². The Balaban J connectivity index is 1.94. The molecular formula is C25H25BrN2O4. The molecule has 0 amide bonds. The Hall–Kier alpha value is -3.19. The fourth-order valence-electron chi connectivity index (χ4n) is 3.77. The molecule has 0 fully saturated rings. The molecule has 1 atom stereocenters. The van der Waals surface area contributed by atoms with Crippen LogP contribution in [0.5, 0.6) is 0 Å². The van der Waals surface area contributed by atoms with Crippen LogP contribution in [0, 0.1) is 6.92 Å². The minimum atomic E-state index is -0.901. The summed E-state index contributed by atoms with van der Waals surface area (Å²) in [6, 6.07) is 19.2. The average Bonchev–Trinajstić information content (AvgIpc) is 2.77. The molecule has 6 nitrogen and oxygen atoms in total. The SMILES string of the molecule is Cc1ccccc1C(C/C(=N\O)c1ccc(=O)n(CCCC(=O)O)c1)c1ccc(Br)cc1. The second kappa shape index (κ2) is 10.9. The highest BCUT2D eigenvalue weighted by atomic mass is 79.9. The van der Waals surface area contributed by atoms with Gasteiger partial charge in [-0.25, -0.2) is 0 Å². The van der Waals surface area contributed by atoms with Crippen molar-refractivity contribution in [2.45, 2.75) is 38.6 Å². The first-order chi connectivity index (χ1) is 15.4. The highest BCUT2D eigenvalue weighted by Crippen LogP contribution is 2.32. The predicted molar refractivity (Wildman–Crippen MR) is 128 cm³/mol. The summed E-state index contributed by atoms with van der Waals surface area (Å²) in [7, 11) is 0. The quantitative estimate of drug-likeness (QED) is 0.242. The third kappa shape index (κ3) is 5.95. The maximum atomic E-state index is 12.2. The third-order valence-electron chi connectivity index (χ3n) is 5.46. The Morgan fingerprint density at radius 1 is 1.09 bits per heavy atom. The van der Waals surface area contributed by atoms with Gasteiger partial charge >= 0.3 is 5.97 Å². The number of rotatable bonds is 9. The van der Waals surface area contributed by atoms with Crippen molar-refractivity contribution < 1.29 is 15.1 Å². The second-order valence-corrected chi connectivity index (χ2v) is 8.57. The summed E-state index contributed by atoms with van der Waals surface area (Å²) in [6.07, 6.45) is 2.39. The Labute approximate surface area is 195 Å². The first kappa shape index (κ1) is 23.5. The summed E-state index contributed by atoms with van der Waals surface area (Å²) in [6.45, 7) is 2.34. The Morgan fingerprint density at radius 2 is 1.81 bits per heavy atom. The lowest BCUT2D eigenvalue weighted by Crippen LogP contribution is -2.21. The van der Waals surface area contributed by atoms with Crippen LogP contribution in [-0.2, 0) is 11.3 Å². The number of pyridine rings is 1. The molecule has 1 aromatic heterocycles. The van der Waals surface area contributed by atoms with Crippen molar-refractivity contribution in [1.82, 2.24) is 4.57 Å². The number of aryl methyl sites for hydroxylation is 2. The molecule has 0 aliphatic carbocycles. The summed E-state index contributed by atoms with van der Waals surface area (Å²) >= 11 is 3.48. The summed E-state index contributed by atoms with van der Waals surface area (Å²) in [5.74, 6) is -0.954. The first-order valence-corrected chi connectivity index (χ1v) is 11.1. The smallest absolute Gasteiger partial charge is 0.303 e. The Kier molecular flexibility index (Phi) is 8.00. The van der Waals surface area contributed by atoms with Crippen LogP contribution >= 0.6 is 15.9 Å². The Bertz CT molecular complexity index is 1170. The van der Waals surface area contributed by atoms with Crippen molar-refractivity contribution >= 4 is 27.6 Å². The van der Waals surface area contributed by atoms with Gasteiger partial charge in [0.05, 0.1) is 5.71 Å². The van der Waals surface area contributed by atoms with Crippen molar-refractivity contribution in [3.05, 3.63) is 104 Å². The number of hydrogen-bond acceptors (Lipinski definition) is 4. The summed E-state index contributed by atoms with van der Waals surface area (Å²) < 4.78 is 2.44. The molecule has 1 heterocycles. The van der Waals surface area contributed by atoms with Crippen LogP contribution in [0.25, 0.3) is 0 Å². The van der Waals surface area contributed by atoms with Gasteiger partial charge in [0.15, 0.2) is 0 Å². The molecule has 32 heavy (non-hydrogen) atoms. The molecule has 1 unspecified atom stereocenters. The molecule has 0 saturated heterocycles. The van der Waals surface area contributed by atoms with Crippen molar-refractivity contribution in [1.29, 1.82) is 0 Å². The number of nitrogens with zero attached hydrogens (tertiary/aromatic N) is 2. The number of aliphatic carboxylic acids is 1. The fraction of sp³-hybridized carbons (Fsp3) is 0.240. The highest BCUT2D eigenvalue weighted by molar-refractivity contribution is 9.10. The van der Waals surface area contributed by atoms with Crippen LogP contribution in [0.1, 0.15) is 47.4 Å². The van der Waals surface area contributed by atoms with Gasteiger partial charge in [-0.1, -0.05) is 57.5 Å². The summed E-state index contributed by atoms with van der Waals surface area (Å²) in [5, 5.41) is 22.3. The standard InChI is InChI=1S/C25H25BrN2O4/c1-17-5-2-3-6-21(17)22(18-8-11-20(26)12-9-18)15-23(27-32)19-10-13-24(29)28(16-19)14-4-7-25(30)31/h2-3,5-6,8-13,16,22,32H,4,7,14-15H2,1H3,(H,30,31)/b27-23+. The zero-order valence-corrected chi connectivity index (χ0v) is 19.3. The van der Waals surface area contributed by atoms with E-state index in [1.807, 2.05) is 36.4 Å². The molecule has 3 rings (SSSR count). The lowest BCUT2D eigenvalue weighted by molar-refractivity contribution is -0.137. The first-order valence-electron chi connectivity index (χ1n) is 10.3. The highest BCUT2D eigenvalue weighted by Gasteiger charge is 2.20. The molecule has 3 aromatic rings. The lowest BCUT2D eigenvalue weighted by Gasteiger charge is -2.21. The second-order valence-electron chi connectivity index (χ2n) is 7.66. The van der Waals surface area contributed by atoms with Gasteiger partial charge in [0.25, 0.3) is 5.56 Å². The van der Waals surface area contributed by atoms with E-state index in [9.17, 15) is 14.8 Å². The van der Waals surface area contributed by atoms with Gasteiger partial charge in [-0.2, -0.15) is 0 Å². The summed E-state index contributed by atoms with van der Waals surface area (Å²) in [4.78, 5) is 23.0. The molecule has 0 aliphatic rings. The normalized spacial score (nSPS) is 12.5. The minimum absolute atomic E-state index is 0.0173. The van der Waals surface area contributed by atoms with Gasteiger partial charge in [-0.05, 0) is 48.2 Å². The molecular weight excluding hydrogens is 472 g/mol. The summed E-state index contributed by atoms with van der Waals surface area (Å²) in [5.41, 5.74) is 4.20. The minimum Gasteiger partial charge on any atom is -0.481 e. The lowest BCUT2D eigenvalue weighted by atomic mass is 9.83. The van der Waals surface area contributed by atoms with Crippen molar-refractivity contribution in [3.63, 3.8) is 0 Å². The van der Waals surface area contributed by atoms with E-state index in [1.54, 1.807) is 12.3 Å². The van der Waals surface area contributed by atoms with E-state index in [1.165, 1.54) is 10.6 Å². The molecule has 0 aliphatic heterocycles. The van der Waals surface area contributed by atoms with Crippen LogP contribution in [0.3, 0.4) is 0 Å². The fourth-order valence-corrected chi connectivity index (χ4v) is 4.03. The van der Waals surface area contributed by atoms with Gasteiger partial charge in [0, 0.05) is 47.6 Å². The molecule has 0 spiro atoms. The zero-order chi connectivity index (χ0) is 23.1. The van der Waals surface area contributed by atoms with E-state index in [-0.39, 0.29) is 24.4 Å². The van der Waals surface area contributed by atoms with Crippen LogP contribution in [0.4, 0.5) is 0 Å². The molecule has 0 radical (unpaired) electrons. The number of carboxylic acids is 1. The maximum absolute atomic E-state index is 12.2. The average molecular weight is 497 g/mol. The van der Waals surface area contributed by atoms with Crippen molar-refractivity contribution in [3.8, 4) is 0 Å². The molecule has 166 valence electrons. The molecule has 2 N–H and O–H groups in total. The van der Waals surface area contributed by atoms with E-state index in [4.69, 9.17) is 5.11 Å². The largest absolute Gasteiger partial charge is 0.481 e. The number of hydrogen-bond donors (Lipinski definition) is 2. The Morgan fingerprint density at radius 3 is 2.47 bits per heavy atom. The zero-order valence-electron chi connectivity index (χ0n) is 17.7. The van der Waals surface area contributed by atoms with Crippen LogP contribution in [-0.4, -0.2) is 26.6 Å². The van der Waals surface area contributed by atoms with E-state index in [0.29, 0.717) is 24.1 Å². The van der Waals surface area contributed by atoms with Crippen LogP contribution in [0.15, 0.2) is 81.3 Å². The molecule has 0 saturated carbocycles. The third-order valence-corrected chi connectivity index (χ3v) is 5.99. The predicted octanol–water partition coefficient (Wildman–Crippen LogP) is 5.18. The van der Waals surface area contributed by atoms with Gasteiger partial charge in [0.2, 0.25) is 0 Å². The van der Waals surface area contributed by atoms with E-state index in [0.717, 1.165) is 21.2 Å². The van der Waals surface area contributed by atoms with Crippen LogP contribution in [0.2, 0.25) is 0 Å². The van der Waals surface area contributed by atoms with Gasteiger partial charge < -0.3 is 14.9 Å². The van der Waals surface area contributed by atoms with Gasteiger partial charge in [-0.15, -0.1) is 0 Å². The number of halogens is 1. The molecule has 2 aromatic carbocycles. The van der Waals surface area contributed by atoms with E-state index >= 15 is 0 Å². The molecule has 0 bridgehead atoms. The van der Waals surface area contributed by atoms with E-state index in [2.05, 4.69) is 40.1 Å². The number of oxime groups is 1. The number of benzene rings is 2. The molecule has 7 heteroatoms. The van der Waals surface area contributed by atoms with Gasteiger partial charge in [0.1, 0.15) is 0 Å². The monoisotopic (exact) mass is 496 g/mol. The van der Waals surface area contributed by atoms with Crippen molar-refractivity contribution in [2.75, 3.05) is 0 Å². The van der Waals surface area contributed by atoms with Crippen LogP contribution < -0.4 is 5.56 Å². The number of carboxylic acid groups (broad SMARTS) is 1. The number of carbonyl (C=O) groups is 1. The maximum Gasteiger partial charge on any atom is 0.303 e. The number of aromatic nitrogens is 1. The van der Waals surface area contributed by atoms with Gasteiger partial charge in [-0.3, -0.25) is 9.59 Å².